The maximum atomic E-state index is 14.3. The van der Waals surface area contributed by atoms with Gasteiger partial charge in [-0.2, -0.15) is 0 Å². The Bertz CT molecular complexity index is 1870. The molecule has 0 saturated heterocycles. The Morgan fingerprint density at radius 2 is 1.69 bits per heavy atom. The highest BCUT2D eigenvalue weighted by Crippen LogP contribution is 2.32. The number of hydrogen-bond acceptors (Lipinski definition) is 5. The standard InChI is InChI=1S/C33H29ClN4O4/c1-4-30(31-35-29-13-9-8-12-27(29)33(40)37(31)24-15-14-21(2)22(3)18-24)36(20-23-10-6-5-7-11-23)32(39)26-17-16-25(38(41)42)19-28(26)34/h5-19,30H,4,20H2,1-3H3. The number of amides is 1. The van der Waals surface area contributed by atoms with E-state index >= 15 is 0 Å². The number of nitrogens with zero attached hydrogens (tertiary/aromatic N) is 4. The van der Waals surface area contributed by atoms with Gasteiger partial charge in [-0.25, -0.2) is 4.98 Å². The number of hydrogen-bond donors (Lipinski definition) is 0. The van der Waals surface area contributed by atoms with Crippen LogP contribution in [0.2, 0.25) is 5.02 Å². The minimum Gasteiger partial charge on any atom is -0.324 e. The zero-order valence-electron chi connectivity index (χ0n) is 23.5. The molecule has 0 aliphatic carbocycles. The first kappa shape index (κ1) is 28.7. The van der Waals surface area contributed by atoms with Gasteiger partial charge in [-0.05, 0) is 67.3 Å². The summed E-state index contributed by atoms with van der Waals surface area (Å²) in [5, 5.41) is 11.8. The molecule has 1 unspecified atom stereocenters. The van der Waals surface area contributed by atoms with E-state index in [1.54, 1.807) is 27.7 Å². The zero-order valence-corrected chi connectivity index (χ0v) is 24.2. The van der Waals surface area contributed by atoms with Crippen LogP contribution in [-0.4, -0.2) is 25.3 Å². The molecule has 0 spiro atoms. The highest BCUT2D eigenvalue weighted by molar-refractivity contribution is 6.34. The minimum absolute atomic E-state index is 0.0277. The molecule has 0 fully saturated rings. The molecular weight excluding hydrogens is 552 g/mol. The molecule has 4 aromatic carbocycles. The van der Waals surface area contributed by atoms with Gasteiger partial charge in [0.15, 0.2) is 0 Å². The van der Waals surface area contributed by atoms with Crippen molar-refractivity contribution in [3.63, 3.8) is 0 Å². The normalized spacial score (nSPS) is 11.8. The summed E-state index contributed by atoms with van der Waals surface area (Å²) in [6.07, 6.45) is 0.429. The van der Waals surface area contributed by atoms with Crippen LogP contribution in [0.3, 0.4) is 0 Å². The molecule has 42 heavy (non-hydrogen) atoms. The number of fused-ring (bicyclic) bond motifs is 1. The molecule has 0 saturated carbocycles. The van der Waals surface area contributed by atoms with E-state index < -0.39 is 16.9 Å². The van der Waals surface area contributed by atoms with Gasteiger partial charge in [0.25, 0.3) is 17.2 Å². The maximum absolute atomic E-state index is 14.3. The summed E-state index contributed by atoms with van der Waals surface area (Å²) in [5.41, 5.74) is 3.81. The van der Waals surface area contributed by atoms with Crippen LogP contribution in [0.5, 0.6) is 0 Å². The molecule has 0 aliphatic rings. The first-order chi connectivity index (χ1) is 20.2. The fourth-order valence-electron chi connectivity index (χ4n) is 5.08. The van der Waals surface area contributed by atoms with Gasteiger partial charge in [-0.1, -0.05) is 67.1 Å². The molecule has 0 aliphatic heterocycles. The van der Waals surface area contributed by atoms with Crippen LogP contribution in [0, 0.1) is 24.0 Å². The number of carbonyl (C=O) groups excluding carboxylic acids is 1. The molecule has 9 heteroatoms. The lowest BCUT2D eigenvalue weighted by atomic mass is 10.0. The molecular formula is C33H29ClN4O4. The van der Waals surface area contributed by atoms with Crippen LogP contribution < -0.4 is 5.56 Å². The summed E-state index contributed by atoms with van der Waals surface area (Å²) >= 11 is 6.45. The van der Waals surface area contributed by atoms with E-state index in [9.17, 15) is 19.7 Å². The molecule has 0 bridgehead atoms. The lowest BCUT2D eigenvalue weighted by molar-refractivity contribution is -0.384. The molecule has 5 rings (SSSR count). The van der Waals surface area contributed by atoms with Gasteiger partial charge in [-0.15, -0.1) is 0 Å². The monoisotopic (exact) mass is 580 g/mol. The van der Waals surface area contributed by atoms with Crippen molar-refractivity contribution in [2.75, 3.05) is 0 Å². The topological polar surface area (TPSA) is 98.3 Å². The number of carbonyl (C=O) groups is 1. The molecule has 1 heterocycles. The van der Waals surface area contributed by atoms with Crippen molar-refractivity contribution in [3.05, 3.63) is 145 Å². The van der Waals surface area contributed by atoms with E-state index in [4.69, 9.17) is 16.6 Å². The maximum Gasteiger partial charge on any atom is 0.270 e. The Hall–Kier alpha value is -4.82. The largest absolute Gasteiger partial charge is 0.324 e. The Labute approximate surface area is 248 Å². The Balaban J connectivity index is 1.74. The van der Waals surface area contributed by atoms with Crippen LogP contribution in [0.15, 0.2) is 95.8 Å². The summed E-state index contributed by atoms with van der Waals surface area (Å²) in [6.45, 7) is 6.11. The van der Waals surface area contributed by atoms with E-state index in [0.29, 0.717) is 28.8 Å². The van der Waals surface area contributed by atoms with Crippen LogP contribution in [0.25, 0.3) is 16.6 Å². The number of aromatic nitrogens is 2. The summed E-state index contributed by atoms with van der Waals surface area (Å²) < 4.78 is 1.59. The molecule has 1 aromatic heterocycles. The van der Waals surface area contributed by atoms with Crippen molar-refractivity contribution in [1.82, 2.24) is 14.5 Å². The van der Waals surface area contributed by atoms with Gasteiger partial charge in [0, 0.05) is 18.7 Å². The predicted octanol–water partition coefficient (Wildman–Crippen LogP) is 7.36. The highest BCUT2D eigenvalue weighted by Gasteiger charge is 2.31. The number of nitro groups is 1. The predicted molar refractivity (Wildman–Crippen MR) is 164 cm³/mol. The Morgan fingerprint density at radius 1 is 0.976 bits per heavy atom. The average molecular weight is 581 g/mol. The zero-order chi connectivity index (χ0) is 30.0. The van der Waals surface area contributed by atoms with E-state index in [0.717, 1.165) is 16.7 Å². The molecule has 1 amide bonds. The molecule has 5 aromatic rings. The van der Waals surface area contributed by atoms with Gasteiger partial charge < -0.3 is 4.90 Å². The second kappa shape index (κ2) is 12.0. The number of nitro benzene ring substituents is 1. The first-order valence-electron chi connectivity index (χ1n) is 13.6. The first-order valence-corrected chi connectivity index (χ1v) is 14.0. The number of aryl methyl sites for hydroxylation is 2. The third-order valence-corrected chi connectivity index (χ3v) is 7.77. The number of rotatable bonds is 8. The van der Waals surface area contributed by atoms with Crippen LogP contribution in [-0.2, 0) is 6.54 Å². The SMILES string of the molecule is CCC(c1nc2ccccc2c(=O)n1-c1ccc(C)c(C)c1)N(Cc1ccccc1)C(=O)c1ccc([N+](=O)[O-])cc1Cl. The molecule has 0 radical (unpaired) electrons. The van der Waals surface area contributed by atoms with E-state index in [2.05, 4.69) is 0 Å². The lowest BCUT2D eigenvalue weighted by Crippen LogP contribution is -2.38. The van der Waals surface area contributed by atoms with Crippen molar-refractivity contribution < 1.29 is 9.72 Å². The number of non-ortho nitro benzene ring substituents is 1. The van der Waals surface area contributed by atoms with Crippen molar-refractivity contribution in [2.24, 2.45) is 0 Å². The van der Waals surface area contributed by atoms with Gasteiger partial charge in [0.1, 0.15) is 5.82 Å². The van der Waals surface area contributed by atoms with Crippen LogP contribution >= 0.6 is 11.6 Å². The second-order valence-corrected chi connectivity index (χ2v) is 10.6. The van der Waals surface area contributed by atoms with Gasteiger partial charge in [0.2, 0.25) is 0 Å². The van der Waals surface area contributed by atoms with Crippen LogP contribution in [0.1, 0.15) is 52.3 Å². The highest BCUT2D eigenvalue weighted by atomic mass is 35.5. The van der Waals surface area contributed by atoms with Crippen molar-refractivity contribution in [2.45, 2.75) is 39.8 Å². The number of halogens is 1. The Morgan fingerprint density at radius 3 is 2.36 bits per heavy atom. The van der Waals surface area contributed by atoms with E-state index in [1.807, 2.05) is 75.4 Å². The number of para-hydroxylation sites is 1. The molecule has 212 valence electrons. The Kier molecular flexibility index (Phi) is 8.17. The van der Waals surface area contributed by atoms with Gasteiger partial charge in [-0.3, -0.25) is 24.3 Å². The number of benzene rings is 4. The molecule has 1 atom stereocenters. The van der Waals surface area contributed by atoms with Crippen molar-refractivity contribution in [1.29, 1.82) is 0 Å². The average Bonchev–Trinajstić information content (AvgIpc) is 2.99. The van der Waals surface area contributed by atoms with Crippen LogP contribution in [0.4, 0.5) is 5.69 Å². The van der Waals surface area contributed by atoms with Gasteiger partial charge >= 0.3 is 0 Å². The summed E-state index contributed by atoms with van der Waals surface area (Å²) in [5.74, 6) is -0.0218. The van der Waals surface area contributed by atoms with E-state index in [-0.39, 0.29) is 28.4 Å². The van der Waals surface area contributed by atoms with E-state index in [1.165, 1.54) is 18.2 Å². The van der Waals surface area contributed by atoms with Gasteiger partial charge in [0.05, 0.1) is 38.1 Å². The third-order valence-electron chi connectivity index (χ3n) is 7.46. The minimum atomic E-state index is -0.650. The molecule has 8 nitrogen and oxygen atoms in total. The summed E-state index contributed by atoms with van der Waals surface area (Å²) in [7, 11) is 0. The van der Waals surface area contributed by atoms with Crippen molar-refractivity contribution in [3.8, 4) is 5.69 Å². The third kappa shape index (κ3) is 5.53. The van der Waals surface area contributed by atoms with Crippen molar-refractivity contribution >= 4 is 34.1 Å². The summed E-state index contributed by atoms with van der Waals surface area (Å²) in [6, 6.07) is 25.6. The smallest absolute Gasteiger partial charge is 0.270 e. The quantitative estimate of drug-likeness (QED) is 0.141. The lowest BCUT2D eigenvalue weighted by Gasteiger charge is -2.33. The molecule has 0 N–H and O–H groups in total. The fourth-order valence-corrected chi connectivity index (χ4v) is 5.33. The second-order valence-electron chi connectivity index (χ2n) is 10.2. The fraction of sp³-hybridized carbons (Fsp3) is 0.182. The summed E-state index contributed by atoms with van der Waals surface area (Å²) in [4.78, 5) is 45.7.